The lowest BCUT2D eigenvalue weighted by Crippen LogP contribution is -2.20. The Bertz CT molecular complexity index is 202. The molecule has 0 aromatic carbocycles. The van der Waals surface area contributed by atoms with Crippen molar-refractivity contribution in [3.05, 3.63) is 11.6 Å². The molecule has 0 aromatic rings. The monoisotopic (exact) mass is 169 g/mol. The van der Waals surface area contributed by atoms with Gasteiger partial charge in [0.05, 0.1) is 0 Å². The molecule has 0 aliphatic carbocycles. The van der Waals surface area contributed by atoms with Crippen molar-refractivity contribution >= 4 is 5.91 Å². The number of hydrogen-bond donors (Lipinski definition) is 1. The number of rotatable bonds is 3. The van der Waals surface area contributed by atoms with Crippen molar-refractivity contribution in [2.75, 3.05) is 0 Å². The van der Waals surface area contributed by atoms with Crippen molar-refractivity contribution in [3.63, 3.8) is 0 Å². The zero-order valence-electron chi connectivity index (χ0n) is 8.64. The third-order valence-corrected chi connectivity index (χ3v) is 2.47. The molecule has 1 amide bonds. The topological polar surface area (TPSA) is 43.1 Å². The molecular formula is C10H19NO. The van der Waals surface area contributed by atoms with Gasteiger partial charge in [0.25, 0.3) is 0 Å². The van der Waals surface area contributed by atoms with E-state index in [1.165, 1.54) is 0 Å². The number of nitrogens with two attached hydrogens (primary N) is 1. The molecule has 2 nitrogen and oxygen atoms in total. The fraction of sp³-hybridized carbons (Fsp3) is 0.700. The first-order chi connectivity index (χ1) is 5.27. The number of carbonyl (C=O) groups excluding carboxylic acids is 1. The minimum absolute atomic E-state index is 0.0408. The normalized spacial score (nSPS) is 13.7. The van der Waals surface area contributed by atoms with Crippen LogP contribution in [0, 0.1) is 11.3 Å². The molecule has 2 N–H and O–H groups in total. The molecule has 0 saturated carbocycles. The molecule has 0 rings (SSSR count). The van der Waals surface area contributed by atoms with E-state index in [0.29, 0.717) is 11.5 Å². The van der Waals surface area contributed by atoms with Crippen molar-refractivity contribution in [2.45, 2.75) is 34.6 Å². The Hall–Kier alpha value is -0.790. The first kappa shape index (κ1) is 11.2. The van der Waals surface area contributed by atoms with E-state index in [9.17, 15) is 4.79 Å². The fourth-order valence-corrected chi connectivity index (χ4v) is 0.796. The van der Waals surface area contributed by atoms with E-state index < -0.39 is 0 Å². The van der Waals surface area contributed by atoms with Crippen molar-refractivity contribution in [2.24, 2.45) is 17.1 Å². The number of allylic oxidation sites excluding steroid dienone is 1. The van der Waals surface area contributed by atoms with Gasteiger partial charge in [-0.25, -0.2) is 0 Å². The summed E-state index contributed by atoms with van der Waals surface area (Å²) >= 11 is 0. The molecule has 0 radical (unpaired) electrons. The Kier molecular flexibility index (Phi) is 3.50. The summed E-state index contributed by atoms with van der Waals surface area (Å²) in [7, 11) is 0. The average Bonchev–Trinajstić information content (AvgIpc) is 1.85. The molecule has 12 heavy (non-hydrogen) atoms. The van der Waals surface area contributed by atoms with Crippen molar-refractivity contribution in [1.29, 1.82) is 0 Å². The van der Waals surface area contributed by atoms with Gasteiger partial charge in [-0.3, -0.25) is 4.79 Å². The van der Waals surface area contributed by atoms with Crippen LogP contribution in [0.25, 0.3) is 0 Å². The molecule has 0 atom stereocenters. The van der Waals surface area contributed by atoms with E-state index in [-0.39, 0.29) is 11.3 Å². The second-order valence-corrected chi connectivity index (χ2v) is 4.17. The zero-order valence-corrected chi connectivity index (χ0v) is 8.64. The summed E-state index contributed by atoms with van der Waals surface area (Å²) < 4.78 is 0. The third kappa shape index (κ3) is 3.07. The van der Waals surface area contributed by atoms with E-state index >= 15 is 0 Å². The Labute approximate surface area is 74.8 Å². The largest absolute Gasteiger partial charge is 0.366 e. The predicted molar refractivity (Wildman–Crippen MR) is 51.6 cm³/mol. The molecule has 0 fully saturated rings. The summed E-state index contributed by atoms with van der Waals surface area (Å²) in [6.07, 6.45) is 1.94. The molecule has 0 aromatic heterocycles. The Morgan fingerprint density at radius 1 is 1.42 bits per heavy atom. The van der Waals surface area contributed by atoms with E-state index in [2.05, 4.69) is 27.7 Å². The first-order valence-corrected chi connectivity index (χ1v) is 4.26. The predicted octanol–water partition coefficient (Wildman–Crippen LogP) is 2.10. The third-order valence-electron chi connectivity index (χ3n) is 2.47. The van der Waals surface area contributed by atoms with Crippen LogP contribution in [0.3, 0.4) is 0 Å². The molecule has 70 valence electrons. The van der Waals surface area contributed by atoms with Gasteiger partial charge >= 0.3 is 0 Å². The number of amides is 1. The van der Waals surface area contributed by atoms with E-state index in [1.807, 2.05) is 6.08 Å². The van der Waals surface area contributed by atoms with Crippen LogP contribution < -0.4 is 5.73 Å². The molecule has 0 bridgehead atoms. The number of primary amides is 1. The van der Waals surface area contributed by atoms with Crippen LogP contribution in [0.15, 0.2) is 11.6 Å². The lowest BCUT2D eigenvalue weighted by atomic mass is 9.80. The quantitative estimate of drug-likeness (QED) is 0.646. The highest BCUT2D eigenvalue weighted by Gasteiger charge is 2.20. The van der Waals surface area contributed by atoms with Crippen LogP contribution >= 0.6 is 0 Å². The molecule has 2 heteroatoms. The van der Waals surface area contributed by atoms with Crippen LogP contribution in [0.5, 0.6) is 0 Å². The smallest absolute Gasteiger partial charge is 0.244 e. The standard InChI is InChI=1S/C10H19NO/c1-7(2)10(4,5)6-8(3)9(11)12/h6-7H,1-5H3,(H2,11,12)/b8-6+. The molecule has 0 spiro atoms. The summed E-state index contributed by atoms with van der Waals surface area (Å²) in [5.74, 6) is 0.176. The molecule has 0 heterocycles. The van der Waals surface area contributed by atoms with Crippen LogP contribution in [-0.2, 0) is 4.79 Å². The van der Waals surface area contributed by atoms with Gasteiger partial charge < -0.3 is 5.73 Å². The van der Waals surface area contributed by atoms with Gasteiger partial charge in [0.15, 0.2) is 0 Å². The van der Waals surface area contributed by atoms with Gasteiger partial charge in [-0.1, -0.05) is 33.8 Å². The minimum Gasteiger partial charge on any atom is -0.366 e. The second-order valence-electron chi connectivity index (χ2n) is 4.17. The number of hydrogen-bond acceptors (Lipinski definition) is 1. The average molecular weight is 169 g/mol. The fourth-order valence-electron chi connectivity index (χ4n) is 0.796. The SMILES string of the molecule is C/C(=C\C(C)(C)C(C)C)C(N)=O. The maximum absolute atomic E-state index is 10.8. The minimum atomic E-state index is -0.330. The van der Waals surface area contributed by atoms with Gasteiger partial charge in [-0.2, -0.15) is 0 Å². The number of carbonyl (C=O) groups is 1. The lowest BCUT2D eigenvalue weighted by Gasteiger charge is -2.25. The Morgan fingerprint density at radius 2 is 1.83 bits per heavy atom. The summed E-state index contributed by atoms with van der Waals surface area (Å²) in [4.78, 5) is 10.8. The molecule has 0 aliphatic heterocycles. The van der Waals surface area contributed by atoms with Crippen molar-refractivity contribution < 1.29 is 4.79 Å². The summed E-state index contributed by atoms with van der Waals surface area (Å²) in [5, 5.41) is 0. The molecule has 0 unspecified atom stereocenters. The maximum Gasteiger partial charge on any atom is 0.244 e. The van der Waals surface area contributed by atoms with Gasteiger partial charge in [-0.05, 0) is 18.3 Å². The zero-order chi connectivity index (χ0) is 9.94. The molecular weight excluding hydrogens is 150 g/mol. The maximum atomic E-state index is 10.8. The van der Waals surface area contributed by atoms with Crippen LogP contribution in [0.2, 0.25) is 0 Å². The van der Waals surface area contributed by atoms with Gasteiger partial charge in [0.2, 0.25) is 5.91 Å². The van der Waals surface area contributed by atoms with Gasteiger partial charge in [0, 0.05) is 5.57 Å². The lowest BCUT2D eigenvalue weighted by molar-refractivity contribution is -0.114. The highest BCUT2D eigenvalue weighted by Crippen LogP contribution is 2.28. The Morgan fingerprint density at radius 3 is 2.08 bits per heavy atom. The summed E-state index contributed by atoms with van der Waals surface area (Å²) in [6, 6.07) is 0. The molecule has 0 aliphatic rings. The van der Waals surface area contributed by atoms with Crippen LogP contribution in [0.4, 0.5) is 0 Å². The van der Waals surface area contributed by atoms with Crippen LogP contribution in [0.1, 0.15) is 34.6 Å². The second kappa shape index (κ2) is 3.74. The Balaban J connectivity index is 4.61. The van der Waals surface area contributed by atoms with E-state index in [4.69, 9.17) is 5.73 Å². The van der Waals surface area contributed by atoms with E-state index in [1.54, 1.807) is 6.92 Å². The van der Waals surface area contributed by atoms with Crippen molar-refractivity contribution in [3.8, 4) is 0 Å². The van der Waals surface area contributed by atoms with E-state index in [0.717, 1.165) is 0 Å². The van der Waals surface area contributed by atoms with Gasteiger partial charge in [-0.15, -0.1) is 0 Å². The summed E-state index contributed by atoms with van der Waals surface area (Å²) in [5.41, 5.74) is 5.82. The van der Waals surface area contributed by atoms with Gasteiger partial charge in [0.1, 0.15) is 0 Å². The van der Waals surface area contributed by atoms with Crippen molar-refractivity contribution in [1.82, 2.24) is 0 Å². The highest BCUT2D eigenvalue weighted by atomic mass is 16.1. The highest BCUT2D eigenvalue weighted by molar-refractivity contribution is 5.91. The van der Waals surface area contributed by atoms with Crippen LogP contribution in [-0.4, -0.2) is 5.91 Å². The molecule has 0 saturated heterocycles. The summed E-state index contributed by atoms with van der Waals surface area (Å²) in [6.45, 7) is 10.2. The first-order valence-electron chi connectivity index (χ1n) is 4.26.